The van der Waals surface area contributed by atoms with Crippen LogP contribution in [-0.2, 0) is 27.9 Å². The number of quaternary nitrogens is 1. The van der Waals surface area contributed by atoms with Crippen LogP contribution in [0.4, 0.5) is 0 Å². The summed E-state index contributed by atoms with van der Waals surface area (Å²) in [4.78, 5) is 25.0. The first-order chi connectivity index (χ1) is 28.6. The maximum atomic E-state index is 12.7. The molecule has 2 unspecified atom stereocenters. The molecule has 59 heavy (non-hydrogen) atoms. The van der Waals surface area contributed by atoms with E-state index in [4.69, 9.17) is 18.5 Å². The number of rotatable bonds is 47. The predicted molar refractivity (Wildman–Crippen MR) is 250 cm³/mol. The van der Waals surface area contributed by atoms with E-state index >= 15 is 0 Å². The van der Waals surface area contributed by atoms with Crippen LogP contribution in [0.3, 0.4) is 0 Å². The van der Waals surface area contributed by atoms with E-state index in [2.05, 4.69) is 38.2 Å². The van der Waals surface area contributed by atoms with Crippen molar-refractivity contribution in [3.8, 4) is 0 Å². The molecule has 0 spiro atoms. The fraction of sp³-hybridized carbons (Fsp3) is 0.900. The van der Waals surface area contributed by atoms with Crippen molar-refractivity contribution in [1.29, 1.82) is 0 Å². The molecule has 0 saturated heterocycles. The Morgan fingerprint density at radius 1 is 0.525 bits per heavy atom. The molecule has 0 aliphatic rings. The molecule has 0 bridgehead atoms. The fourth-order valence-corrected chi connectivity index (χ4v) is 7.84. The lowest BCUT2D eigenvalue weighted by atomic mass is 10.0. The van der Waals surface area contributed by atoms with Crippen molar-refractivity contribution >= 4 is 13.8 Å². The predicted octanol–water partition coefficient (Wildman–Crippen LogP) is 14.5. The SMILES string of the molecule is CCCCCCC/C=C\C/C=C\CCCCCCCCCCCCCCCCOCC(COP(=O)([O-])OCC[N+](C)(C)C)OC(=O)CCCCCCCCCCCCC. The van der Waals surface area contributed by atoms with Gasteiger partial charge >= 0.3 is 5.97 Å². The number of allylic oxidation sites excluding steroid dienone is 4. The van der Waals surface area contributed by atoms with E-state index < -0.39 is 13.9 Å². The maximum Gasteiger partial charge on any atom is 0.306 e. The van der Waals surface area contributed by atoms with Gasteiger partial charge in [0.15, 0.2) is 0 Å². The second kappa shape index (κ2) is 43.6. The highest BCUT2D eigenvalue weighted by Crippen LogP contribution is 2.38. The third kappa shape index (κ3) is 47.9. The minimum Gasteiger partial charge on any atom is -0.756 e. The summed E-state index contributed by atoms with van der Waals surface area (Å²) in [7, 11) is 1.37. The Hall–Kier alpha value is -1.02. The van der Waals surface area contributed by atoms with Crippen LogP contribution in [-0.4, -0.2) is 70.7 Å². The van der Waals surface area contributed by atoms with Gasteiger partial charge in [0.2, 0.25) is 0 Å². The quantitative estimate of drug-likeness (QED) is 0.0198. The Morgan fingerprint density at radius 3 is 1.37 bits per heavy atom. The summed E-state index contributed by atoms with van der Waals surface area (Å²) in [6.45, 7) is 5.43. The molecule has 0 fully saturated rings. The van der Waals surface area contributed by atoms with Crippen LogP contribution in [0.1, 0.15) is 232 Å². The van der Waals surface area contributed by atoms with Crippen LogP contribution in [0.25, 0.3) is 0 Å². The summed E-state index contributed by atoms with van der Waals surface area (Å²) < 4.78 is 34.7. The van der Waals surface area contributed by atoms with E-state index in [-0.39, 0.29) is 25.8 Å². The van der Waals surface area contributed by atoms with Gasteiger partial charge < -0.3 is 27.9 Å². The highest BCUT2D eigenvalue weighted by atomic mass is 31.2. The molecule has 350 valence electrons. The van der Waals surface area contributed by atoms with E-state index in [0.717, 1.165) is 38.5 Å². The number of likely N-dealkylation sites (N-methyl/N-ethyl adjacent to an activating group) is 1. The van der Waals surface area contributed by atoms with E-state index in [1.165, 1.54) is 173 Å². The standard InChI is InChI=1S/C50H98NO7P/c1-6-8-10-12-14-16-18-19-20-21-22-23-24-25-26-27-28-29-30-31-32-34-36-38-40-42-45-55-47-49(48-57-59(53,54)56-46-44-51(3,4)5)58-50(52)43-41-39-37-35-33-17-15-13-11-9-7-2/h18-19,21-22,49H,6-17,20,23-48H2,1-5H3/b19-18-,22-21-. The highest BCUT2D eigenvalue weighted by Gasteiger charge is 2.20. The third-order valence-corrected chi connectivity index (χ3v) is 12.0. The zero-order valence-electron chi connectivity index (χ0n) is 39.7. The lowest BCUT2D eigenvalue weighted by Crippen LogP contribution is -2.37. The first-order valence-corrected chi connectivity index (χ1v) is 26.5. The number of phosphoric ester groups is 1. The largest absolute Gasteiger partial charge is 0.756 e. The Morgan fingerprint density at radius 2 is 0.932 bits per heavy atom. The summed E-state index contributed by atoms with van der Waals surface area (Å²) >= 11 is 0. The van der Waals surface area contributed by atoms with Crippen molar-refractivity contribution < 1.29 is 37.3 Å². The summed E-state index contributed by atoms with van der Waals surface area (Å²) in [6, 6.07) is 0. The third-order valence-electron chi connectivity index (χ3n) is 11.0. The van der Waals surface area contributed by atoms with Crippen LogP contribution in [0, 0.1) is 0 Å². The Balaban J connectivity index is 4.00. The number of carbonyl (C=O) groups excluding carboxylic acids is 1. The fourth-order valence-electron chi connectivity index (χ4n) is 7.11. The number of hydrogen-bond donors (Lipinski definition) is 0. The average Bonchev–Trinajstić information content (AvgIpc) is 3.19. The lowest BCUT2D eigenvalue weighted by molar-refractivity contribution is -0.870. The second-order valence-corrected chi connectivity index (χ2v) is 19.6. The van der Waals surface area contributed by atoms with Crippen molar-refractivity contribution in [2.24, 2.45) is 0 Å². The van der Waals surface area contributed by atoms with Crippen molar-refractivity contribution in [3.05, 3.63) is 24.3 Å². The first kappa shape index (κ1) is 58.0. The van der Waals surface area contributed by atoms with Gasteiger partial charge in [0.1, 0.15) is 19.3 Å². The molecule has 0 amide bonds. The van der Waals surface area contributed by atoms with Gasteiger partial charge in [-0.1, -0.05) is 205 Å². The van der Waals surface area contributed by atoms with Gasteiger partial charge in [0.05, 0.1) is 34.4 Å². The minimum absolute atomic E-state index is 0.0287. The Labute approximate surface area is 366 Å². The smallest absolute Gasteiger partial charge is 0.306 e. The maximum absolute atomic E-state index is 12.7. The van der Waals surface area contributed by atoms with Crippen LogP contribution in [0.15, 0.2) is 24.3 Å². The summed E-state index contributed by atoms with van der Waals surface area (Å²) in [5, 5.41) is 0. The molecule has 0 N–H and O–H groups in total. The van der Waals surface area contributed by atoms with Gasteiger partial charge in [0, 0.05) is 13.0 Å². The topological polar surface area (TPSA) is 94.1 Å². The normalized spacial score (nSPS) is 13.8. The molecule has 0 aliphatic heterocycles. The van der Waals surface area contributed by atoms with Crippen molar-refractivity contribution in [3.63, 3.8) is 0 Å². The number of unbranched alkanes of at least 4 members (excludes halogenated alkanes) is 29. The Bertz CT molecular complexity index is 998. The Kier molecular flexibility index (Phi) is 42.9. The van der Waals surface area contributed by atoms with Crippen molar-refractivity contribution in [2.45, 2.75) is 238 Å². The van der Waals surface area contributed by atoms with Crippen molar-refractivity contribution in [1.82, 2.24) is 0 Å². The summed E-state index contributed by atoms with van der Waals surface area (Å²) in [5.74, 6) is -0.332. The van der Waals surface area contributed by atoms with E-state index in [1.54, 1.807) is 0 Å². The van der Waals surface area contributed by atoms with Gasteiger partial charge in [-0.25, -0.2) is 0 Å². The molecule has 8 nitrogen and oxygen atoms in total. The average molecular weight is 856 g/mol. The number of nitrogens with zero attached hydrogens (tertiary/aromatic N) is 1. The van der Waals surface area contributed by atoms with Gasteiger partial charge in [-0.3, -0.25) is 9.36 Å². The van der Waals surface area contributed by atoms with Gasteiger partial charge in [-0.2, -0.15) is 0 Å². The molecular formula is C50H98NO7P. The van der Waals surface area contributed by atoms with Crippen molar-refractivity contribution in [2.75, 3.05) is 54.1 Å². The van der Waals surface area contributed by atoms with E-state index in [0.29, 0.717) is 24.1 Å². The number of carbonyl (C=O) groups is 1. The van der Waals surface area contributed by atoms with Gasteiger partial charge in [-0.05, 0) is 44.9 Å². The molecule has 0 aromatic carbocycles. The molecule has 2 atom stereocenters. The highest BCUT2D eigenvalue weighted by molar-refractivity contribution is 7.45. The molecule has 9 heteroatoms. The second-order valence-electron chi connectivity index (χ2n) is 18.2. The molecule has 0 aliphatic carbocycles. The molecule has 0 saturated carbocycles. The zero-order valence-corrected chi connectivity index (χ0v) is 40.6. The van der Waals surface area contributed by atoms with Gasteiger partial charge in [0.25, 0.3) is 7.82 Å². The van der Waals surface area contributed by atoms with Gasteiger partial charge in [-0.15, -0.1) is 0 Å². The van der Waals surface area contributed by atoms with Crippen LogP contribution in [0.5, 0.6) is 0 Å². The van der Waals surface area contributed by atoms with Crippen LogP contribution >= 0.6 is 7.82 Å². The molecule has 0 radical (unpaired) electrons. The molecule has 0 heterocycles. The zero-order chi connectivity index (χ0) is 43.4. The first-order valence-electron chi connectivity index (χ1n) is 25.1. The number of esters is 1. The monoisotopic (exact) mass is 856 g/mol. The van der Waals surface area contributed by atoms with E-state index in [9.17, 15) is 14.3 Å². The lowest BCUT2D eigenvalue weighted by Gasteiger charge is -2.28. The number of hydrogen-bond acceptors (Lipinski definition) is 7. The molecule has 0 rings (SSSR count). The van der Waals surface area contributed by atoms with Crippen LogP contribution < -0.4 is 4.89 Å². The number of phosphoric acid groups is 1. The van der Waals surface area contributed by atoms with E-state index in [1.807, 2.05) is 21.1 Å². The molecular weight excluding hydrogens is 758 g/mol. The molecule has 0 aromatic rings. The minimum atomic E-state index is -4.52. The molecule has 0 aromatic heterocycles. The summed E-state index contributed by atoms with van der Waals surface area (Å²) in [5.41, 5.74) is 0. The number of ether oxygens (including phenoxy) is 2. The van der Waals surface area contributed by atoms with Crippen LogP contribution in [0.2, 0.25) is 0 Å². The summed E-state index contributed by atoms with van der Waals surface area (Å²) in [6.07, 6.45) is 50.6.